The second-order valence-electron chi connectivity index (χ2n) is 4.46. The Balaban J connectivity index is 2.42. The van der Waals surface area contributed by atoms with Crippen molar-refractivity contribution in [3.8, 4) is 0 Å². The van der Waals surface area contributed by atoms with Gasteiger partial charge in [0.15, 0.2) is 0 Å². The predicted molar refractivity (Wildman–Crippen MR) is 51.5 cm³/mol. The molecule has 2 nitrogen and oxygen atoms in total. The van der Waals surface area contributed by atoms with Crippen LogP contribution in [0, 0.1) is 5.92 Å². The van der Waals surface area contributed by atoms with Gasteiger partial charge in [0.25, 0.3) is 0 Å². The molecule has 5 heteroatoms. The third kappa shape index (κ3) is 1.80. The van der Waals surface area contributed by atoms with Crippen LogP contribution in [0.5, 0.6) is 0 Å². The van der Waals surface area contributed by atoms with Crippen LogP contribution in [0.1, 0.15) is 30.9 Å². The van der Waals surface area contributed by atoms with Crippen molar-refractivity contribution >= 4 is 0 Å². The van der Waals surface area contributed by atoms with Crippen LogP contribution >= 0.6 is 0 Å². The van der Waals surface area contributed by atoms with Gasteiger partial charge in [-0.25, -0.2) is 0 Å². The Morgan fingerprint density at radius 3 is 2.56 bits per heavy atom. The lowest BCUT2D eigenvalue weighted by Crippen LogP contribution is -2.41. The van der Waals surface area contributed by atoms with Gasteiger partial charge >= 0.3 is 6.18 Å². The van der Waals surface area contributed by atoms with Gasteiger partial charge < -0.3 is 5.11 Å². The molecular weight excluding hydrogens is 219 g/mol. The molecule has 0 bridgehead atoms. The first-order valence-electron chi connectivity index (χ1n) is 5.07. The van der Waals surface area contributed by atoms with Gasteiger partial charge in [-0.2, -0.15) is 13.2 Å². The maximum Gasteiger partial charge on any atom is 0.416 e. The summed E-state index contributed by atoms with van der Waals surface area (Å²) in [7, 11) is 0. The smallest absolute Gasteiger partial charge is 0.385 e. The van der Waals surface area contributed by atoms with Crippen molar-refractivity contribution in [1.29, 1.82) is 0 Å². The van der Waals surface area contributed by atoms with E-state index in [1.54, 1.807) is 0 Å². The molecule has 1 fully saturated rings. The molecule has 1 saturated carbocycles. The topological polar surface area (TPSA) is 33.1 Å². The van der Waals surface area contributed by atoms with E-state index in [1.165, 1.54) is 0 Å². The van der Waals surface area contributed by atoms with Crippen molar-refractivity contribution in [2.75, 3.05) is 0 Å². The maximum absolute atomic E-state index is 12.7. The molecule has 2 rings (SSSR count). The Bertz CT molecular complexity index is 396. The van der Waals surface area contributed by atoms with Gasteiger partial charge in [-0.3, -0.25) is 4.98 Å². The molecule has 16 heavy (non-hydrogen) atoms. The molecule has 0 amide bonds. The highest BCUT2D eigenvalue weighted by Crippen LogP contribution is 2.48. The minimum atomic E-state index is -4.44. The summed E-state index contributed by atoms with van der Waals surface area (Å²) in [6.07, 6.45) is -1.50. The molecule has 1 aromatic rings. The average molecular weight is 231 g/mol. The van der Waals surface area contributed by atoms with E-state index in [9.17, 15) is 18.3 Å². The first-order chi connectivity index (χ1) is 7.33. The van der Waals surface area contributed by atoms with Gasteiger partial charge in [0.2, 0.25) is 0 Å². The largest absolute Gasteiger partial charge is 0.416 e. The number of pyridine rings is 1. The minimum absolute atomic E-state index is 0.0967. The van der Waals surface area contributed by atoms with Crippen molar-refractivity contribution in [2.24, 2.45) is 5.92 Å². The van der Waals surface area contributed by atoms with E-state index in [4.69, 9.17) is 0 Å². The van der Waals surface area contributed by atoms with Crippen molar-refractivity contribution < 1.29 is 18.3 Å². The van der Waals surface area contributed by atoms with Crippen LogP contribution in [0.2, 0.25) is 0 Å². The molecule has 0 spiro atoms. The van der Waals surface area contributed by atoms with E-state index in [2.05, 4.69) is 4.98 Å². The molecule has 0 unspecified atom stereocenters. The maximum atomic E-state index is 12.7. The Morgan fingerprint density at radius 1 is 1.44 bits per heavy atom. The zero-order chi connectivity index (χ0) is 12.0. The van der Waals surface area contributed by atoms with Crippen molar-refractivity contribution in [1.82, 2.24) is 4.98 Å². The Kier molecular flexibility index (Phi) is 2.45. The van der Waals surface area contributed by atoms with Crippen LogP contribution in [0.4, 0.5) is 13.2 Å². The van der Waals surface area contributed by atoms with Crippen LogP contribution in [0.3, 0.4) is 0 Å². The summed E-state index contributed by atoms with van der Waals surface area (Å²) in [5, 5.41) is 10.1. The monoisotopic (exact) mass is 231 g/mol. The van der Waals surface area contributed by atoms with E-state index < -0.39 is 17.3 Å². The predicted octanol–water partition coefficient (Wildman–Crippen LogP) is 2.72. The molecule has 0 atom stereocenters. The van der Waals surface area contributed by atoms with Crippen molar-refractivity contribution in [2.45, 2.75) is 31.5 Å². The third-order valence-corrected chi connectivity index (χ3v) is 3.00. The first kappa shape index (κ1) is 11.4. The number of rotatable bonds is 1. The van der Waals surface area contributed by atoms with E-state index >= 15 is 0 Å². The van der Waals surface area contributed by atoms with Crippen molar-refractivity contribution in [3.05, 3.63) is 29.6 Å². The molecular formula is C11H12F3NO. The van der Waals surface area contributed by atoms with E-state index in [-0.39, 0.29) is 11.5 Å². The molecule has 1 aromatic heterocycles. The fourth-order valence-electron chi connectivity index (χ4n) is 2.33. The molecule has 0 radical (unpaired) electrons. The second-order valence-corrected chi connectivity index (χ2v) is 4.46. The molecule has 1 heterocycles. The molecule has 0 aliphatic heterocycles. The minimum Gasteiger partial charge on any atom is -0.385 e. The Hall–Kier alpha value is -1.10. The fraction of sp³-hybridized carbons (Fsp3) is 0.545. The summed E-state index contributed by atoms with van der Waals surface area (Å²) >= 11 is 0. The highest BCUT2D eigenvalue weighted by atomic mass is 19.4. The van der Waals surface area contributed by atoms with Crippen molar-refractivity contribution in [3.63, 3.8) is 0 Å². The summed E-state index contributed by atoms with van der Waals surface area (Å²) in [4.78, 5) is 3.67. The summed E-state index contributed by atoms with van der Waals surface area (Å²) in [5.74, 6) is 0.256. The van der Waals surface area contributed by atoms with E-state index in [0.717, 1.165) is 18.5 Å². The van der Waals surface area contributed by atoms with Crippen LogP contribution < -0.4 is 0 Å². The molecule has 88 valence electrons. The standard InChI is InChI=1S/C11H12F3NO/c1-7-4-10(16,5-7)9-6-15-3-2-8(9)11(12,13)14/h2-3,6-7,16H,4-5H2,1H3. The highest BCUT2D eigenvalue weighted by molar-refractivity contribution is 5.33. The lowest BCUT2D eigenvalue weighted by Gasteiger charge is -2.43. The summed E-state index contributed by atoms with van der Waals surface area (Å²) in [6.45, 7) is 1.90. The molecule has 1 N–H and O–H groups in total. The van der Waals surface area contributed by atoms with Gasteiger partial charge in [-0.15, -0.1) is 0 Å². The molecule has 0 aromatic carbocycles. The zero-order valence-corrected chi connectivity index (χ0v) is 8.75. The summed E-state index contributed by atoms with van der Waals surface area (Å²) in [5.41, 5.74) is -2.23. The van der Waals surface area contributed by atoms with Crippen LogP contribution in [-0.4, -0.2) is 10.1 Å². The quantitative estimate of drug-likeness (QED) is 0.806. The fourth-order valence-corrected chi connectivity index (χ4v) is 2.33. The SMILES string of the molecule is CC1CC(O)(c2cnccc2C(F)(F)F)C1. The number of hydrogen-bond acceptors (Lipinski definition) is 2. The van der Waals surface area contributed by atoms with Gasteiger partial charge in [-0.05, 0) is 24.8 Å². The zero-order valence-electron chi connectivity index (χ0n) is 8.75. The number of nitrogens with zero attached hydrogens (tertiary/aromatic N) is 1. The number of hydrogen-bond donors (Lipinski definition) is 1. The van der Waals surface area contributed by atoms with Crippen LogP contribution in [0.15, 0.2) is 18.5 Å². The summed E-state index contributed by atoms with van der Waals surface area (Å²) < 4.78 is 38.1. The summed E-state index contributed by atoms with van der Waals surface area (Å²) in [6, 6.07) is 0.913. The third-order valence-electron chi connectivity index (χ3n) is 3.00. The van der Waals surface area contributed by atoms with Gasteiger partial charge in [0.1, 0.15) is 0 Å². The normalized spacial score (nSPS) is 29.9. The second kappa shape index (κ2) is 3.45. The van der Waals surface area contributed by atoms with Gasteiger partial charge in [0, 0.05) is 18.0 Å². The van der Waals surface area contributed by atoms with Crippen LogP contribution in [-0.2, 0) is 11.8 Å². The molecule has 0 saturated heterocycles. The lowest BCUT2D eigenvalue weighted by atomic mass is 9.67. The first-order valence-corrected chi connectivity index (χ1v) is 5.07. The van der Waals surface area contributed by atoms with Gasteiger partial charge in [-0.1, -0.05) is 6.92 Å². The average Bonchev–Trinajstić information content (AvgIpc) is 2.14. The van der Waals surface area contributed by atoms with E-state index in [1.807, 2.05) is 6.92 Å². The van der Waals surface area contributed by atoms with Gasteiger partial charge in [0.05, 0.1) is 11.2 Å². The lowest BCUT2D eigenvalue weighted by molar-refractivity contribution is -0.145. The van der Waals surface area contributed by atoms with Crippen LogP contribution in [0.25, 0.3) is 0 Å². The Labute approximate surface area is 91.1 Å². The number of aliphatic hydroxyl groups is 1. The molecule has 1 aliphatic carbocycles. The Morgan fingerprint density at radius 2 is 2.06 bits per heavy atom. The number of alkyl halides is 3. The number of aromatic nitrogens is 1. The number of halogens is 3. The molecule has 1 aliphatic rings. The highest BCUT2D eigenvalue weighted by Gasteiger charge is 2.47. The van der Waals surface area contributed by atoms with E-state index in [0.29, 0.717) is 12.8 Å².